The number of amides is 1. The molecule has 1 aliphatic rings. The van der Waals surface area contributed by atoms with Crippen molar-refractivity contribution in [3.05, 3.63) is 68.8 Å². The summed E-state index contributed by atoms with van der Waals surface area (Å²) < 4.78 is 11.3. The average Bonchev–Trinajstić information content (AvgIpc) is 3.14. The maximum atomic E-state index is 12.7. The van der Waals surface area contributed by atoms with Crippen molar-refractivity contribution in [2.75, 3.05) is 13.2 Å². The number of rotatable bonds is 4. The van der Waals surface area contributed by atoms with Gasteiger partial charge in [0, 0.05) is 34.1 Å². The van der Waals surface area contributed by atoms with E-state index in [1.54, 1.807) is 4.90 Å². The number of benzene rings is 2. The van der Waals surface area contributed by atoms with E-state index in [1.807, 2.05) is 50.2 Å². The SMILES string of the molecule is Cc1cc(OCC(=O)N2CCc3noc(-c4ccc(Cl)cc4)c3C2)cc(C)c1Cl. The molecule has 0 bridgehead atoms. The zero-order chi connectivity index (χ0) is 20.5. The van der Waals surface area contributed by atoms with Gasteiger partial charge in [-0.2, -0.15) is 0 Å². The van der Waals surface area contributed by atoms with E-state index in [1.165, 1.54) is 0 Å². The van der Waals surface area contributed by atoms with Crippen molar-refractivity contribution >= 4 is 29.1 Å². The van der Waals surface area contributed by atoms with Crippen molar-refractivity contribution in [2.45, 2.75) is 26.8 Å². The second-order valence-corrected chi connectivity index (χ2v) is 7.98. The Hall–Kier alpha value is -2.50. The number of hydrogen-bond acceptors (Lipinski definition) is 4. The molecule has 0 atom stereocenters. The van der Waals surface area contributed by atoms with Crippen molar-refractivity contribution in [1.29, 1.82) is 0 Å². The Balaban J connectivity index is 1.46. The minimum atomic E-state index is -0.0795. The maximum Gasteiger partial charge on any atom is 0.260 e. The van der Waals surface area contributed by atoms with E-state index in [0.29, 0.717) is 36.0 Å². The second kappa shape index (κ2) is 8.09. The molecule has 7 heteroatoms. The van der Waals surface area contributed by atoms with Gasteiger partial charge in [0.05, 0.1) is 12.2 Å². The summed E-state index contributed by atoms with van der Waals surface area (Å²) in [6, 6.07) is 11.1. The van der Waals surface area contributed by atoms with Crippen LogP contribution in [0.5, 0.6) is 5.75 Å². The highest BCUT2D eigenvalue weighted by molar-refractivity contribution is 6.32. The maximum absolute atomic E-state index is 12.7. The van der Waals surface area contributed by atoms with Crippen molar-refractivity contribution in [3.63, 3.8) is 0 Å². The molecule has 1 aliphatic heterocycles. The lowest BCUT2D eigenvalue weighted by Gasteiger charge is -2.26. The molecule has 2 aromatic carbocycles. The fraction of sp³-hybridized carbons (Fsp3) is 0.273. The van der Waals surface area contributed by atoms with Gasteiger partial charge in [-0.1, -0.05) is 28.4 Å². The summed E-state index contributed by atoms with van der Waals surface area (Å²) in [6.07, 6.45) is 0.650. The number of halogens is 2. The largest absolute Gasteiger partial charge is 0.484 e. The highest BCUT2D eigenvalue weighted by Crippen LogP contribution is 2.31. The van der Waals surface area contributed by atoms with E-state index >= 15 is 0 Å². The van der Waals surface area contributed by atoms with Crippen LogP contribution < -0.4 is 4.74 Å². The van der Waals surface area contributed by atoms with Crippen LogP contribution >= 0.6 is 23.2 Å². The van der Waals surface area contributed by atoms with Gasteiger partial charge >= 0.3 is 0 Å². The predicted octanol–water partition coefficient (Wildman–Crippen LogP) is 5.23. The minimum absolute atomic E-state index is 0.0304. The lowest BCUT2D eigenvalue weighted by atomic mass is 10.0. The second-order valence-electron chi connectivity index (χ2n) is 7.17. The zero-order valence-electron chi connectivity index (χ0n) is 16.2. The molecule has 1 aromatic heterocycles. The molecule has 29 heavy (non-hydrogen) atoms. The standard InChI is InChI=1S/C22H20Cl2N2O3/c1-13-9-17(10-14(2)21(13)24)28-12-20(27)26-8-7-19-18(11-26)22(29-25-19)15-3-5-16(23)6-4-15/h3-6,9-10H,7-8,11-12H2,1-2H3. The van der Waals surface area contributed by atoms with Gasteiger partial charge in [0.2, 0.25) is 0 Å². The van der Waals surface area contributed by atoms with Gasteiger partial charge in [-0.3, -0.25) is 4.79 Å². The van der Waals surface area contributed by atoms with Crippen LogP contribution in [-0.2, 0) is 17.8 Å². The molecule has 0 N–H and O–H groups in total. The topological polar surface area (TPSA) is 55.6 Å². The van der Waals surface area contributed by atoms with Crippen molar-refractivity contribution < 1.29 is 14.1 Å². The van der Waals surface area contributed by atoms with Gasteiger partial charge in [0.15, 0.2) is 12.4 Å². The Labute approximate surface area is 179 Å². The Morgan fingerprint density at radius 2 is 1.86 bits per heavy atom. The highest BCUT2D eigenvalue weighted by atomic mass is 35.5. The Bertz CT molecular complexity index is 1040. The number of carbonyl (C=O) groups is 1. The number of nitrogens with zero attached hydrogens (tertiary/aromatic N) is 2. The van der Waals surface area contributed by atoms with Crippen LogP contribution in [-0.4, -0.2) is 29.1 Å². The molecule has 1 amide bonds. The summed E-state index contributed by atoms with van der Waals surface area (Å²) in [7, 11) is 0. The van der Waals surface area contributed by atoms with E-state index in [-0.39, 0.29) is 12.5 Å². The molecule has 2 heterocycles. The highest BCUT2D eigenvalue weighted by Gasteiger charge is 2.27. The zero-order valence-corrected chi connectivity index (χ0v) is 17.7. The van der Waals surface area contributed by atoms with Crippen molar-refractivity contribution in [1.82, 2.24) is 10.1 Å². The fourth-order valence-corrected chi connectivity index (χ4v) is 3.71. The lowest BCUT2D eigenvalue weighted by Crippen LogP contribution is -2.38. The molecule has 5 nitrogen and oxygen atoms in total. The van der Waals surface area contributed by atoms with E-state index in [2.05, 4.69) is 5.16 Å². The van der Waals surface area contributed by atoms with Gasteiger partial charge in [-0.15, -0.1) is 0 Å². The quantitative estimate of drug-likeness (QED) is 0.568. The predicted molar refractivity (Wildman–Crippen MR) is 112 cm³/mol. The minimum Gasteiger partial charge on any atom is -0.484 e. The summed E-state index contributed by atoms with van der Waals surface area (Å²) in [6.45, 7) is 4.83. The first-order valence-electron chi connectivity index (χ1n) is 9.33. The smallest absolute Gasteiger partial charge is 0.260 e. The van der Waals surface area contributed by atoms with Crippen LogP contribution in [0.4, 0.5) is 0 Å². The van der Waals surface area contributed by atoms with E-state index < -0.39 is 0 Å². The third kappa shape index (κ3) is 4.11. The number of aromatic nitrogens is 1. The Morgan fingerprint density at radius 1 is 1.17 bits per heavy atom. The number of ether oxygens (including phenoxy) is 1. The summed E-state index contributed by atoms with van der Waals surface area (Å²) >= 11 is 12.2. The molecule has 0 saturated carbocycles. The van der Waals surface area contributed by atoms with Crippen LogP contribution in [0.2, 0.25) is 10.0 Å². The number of hydrogen-bond donors (Lipinski definition) is 0. The molecule has 0 unspecified atom stereocenters. The van der Waals surface area contributed by atoms with Crippen LogP contribution in [0, 0.1) is 13.8 Å². The number of carbonyl (C=O) groups excluding carboxylic acids is 1. The number of fused-ring (bicyclic) bond motifs is 1. The normalized spacial score (nSPS) is 13.3. The molecule has 0 radical (unpaired) electrons. The first kappa shape index (κ1) is 19.8. The summed E-state index contributed by atoms with van der Waals surface area (Å²) in [5, 5.41) is 5.55. The summed E-state index contributed by atoms with van der Waals surface area (Å²) in [5.74, 6) is 1.24. The molecular weight excluding hydrogens is 411 g/mol. The molecule has 4 rings (SSSR count). The average molecular weight is 431 g/mol. The molecule has 150 valence electrons. The van der Waals surface area contributed by atoms with Crippen molar-refractivity contribution in [2.24, 2.45) is 0 Å². The molecule has 0 saturated heterocycles. The molecule has 0 aliphatic carbocycles. The van der Waals surface area contributed by atoms with Gasteiger partial charge in [0.1, 0.15) is 5.75 Å². The van der Waals surface area contributed by atoms with Gasteiger partial charge in [-0.05, 0) is 61.4 Å². The van der Waals surface area contributed by atoms with Gasteiger partial charge in [0.25, 0.3) is 5.91 Å². The fourth-order valence-electron chi connectivity index (χ4n) is 3.48. The molecular formula is C22H20Cl2N2O3. The third-order valence-electron chi connectivity index (χ3n) is 5.07. The van der Waals surface area contributed by atoms with Crippen LogP contribution in [0.1, 0.15) is 22.4 Å². The van der Waals surface area contributed by atoms with Gasteiger partial charge in [-0.25, -0.2) is 0 Å². The first-order chi connectivity index (χ1) is 13.9. The third-order valence-corrected chi connectivity index (χ3v) is 5.92. The Kier molecular flexibility index (Phi) is 5.52. The van der Waals surface area contributed by atoms with Crippen molar-refractivity contribution in [3.8, 4) is 17.1 Å². The van der Waals surface area contributed by atoms with Crippen LogP contribution in [0.25, 0.3) is 11.3 Å². The van der Waals surface area contributed by atoms with Crippen LogP contribution in [0.3, 0.4) is 0 Å². The Morgan fingerprint density at radius 3 is 2.55 bits per heavy atom. The van der Waals surface area contributed by atoms with E-state index in [0.717, 1.165) is 33.0 Å². The molecule has 0 fully saturated rings. The van der Waals surface area contributed by atoms with Gasteiger partial charge < -0.3 is 14.2 Å². The number of aryl methyl sites for hydroxylation is 2. The summed E-state index contributed by atoms with van der Waals surface area (Å²) in [5.41, 5.74) is 4.57. The van der Waals surface area contributed by atoms with E-state index in [4.69, 9.17) is 32.5 Å². The molecule has 0 spiro atoms. The monoisotopic (exact) mass is 430 g/mol. The lowest BCUT2D eigenvalue weighted by molar-refractivity contribution is -0.134. The molecule has 3 aromatic rings. The van der Waals surface area contributed by atoms with E-state index in [9.17, 15) is 4.79 Å². The van der Waals surface area contributed by atoms with Crippen LogP contribution in [0.15, 0.2) is 40.9 Å². The first-order valence-corrected chi connectivity index (χ1v) is 10.1. The summed E-state index contributed by atoms with van der Waals surface area (Å²) in [4.78, 5) is 14.5.